The van der Waals surface area contributed by atoms with Gasteiger partial charge in [0.05, 0.1) is 6.04 Å². The van der Waals surface area contributed by atoms with E-state index in [0.717, 1.165) is 17.5 Å². The molecule has 2 rings (SSSR count). The molecular weight excluding hydrogens is 226 g/mol. The monoisotopic (exact) mass is 245 g/mol. The summed E-state index contributed by atoms with van der Waals surface area (Å²) >= 11 is 0. The summed E-state index contributed by atoms with van der Waals surface area (Å²) in [6.07, 6.45) is 2.03. The van der Waals surface area contributed by atoms with Crippen molar-refractivity contribution in [3.8, 4) is 0 Å². The highest BCUT2D eigenvalue weighted by molar-refractivity contribution is 5.99. The molecule has 1 aliphatic heterocycles. The molecule has 0 saturated carbocycles. The first-order valence-electron chi connectivity index (χ1n) is 6.55. The van der Waals surface area contributed by atoms with E-state index in [4.69, 9.17) is 0 Å². The second-order valence-corrected chi connectivity index (χ2v) is 4.95. The molecule has 0 saturated heterocycles. The van der Waals surface area contributed by atoms with Crippen molar-refractivity contribution in [1.82, 2.24) is 5.32 Å². The number of hydrogen-bond acceptors (Lipinski definition) is 2. The molecular formula is C15H19NO2. The molecule has 0 spiro atoms. The summed E-state index contributed by atoms with van der Waals surface area (Å²) in [5, 5.41) is 3.01. The Bertz CT molecular complexity index is 467. The lowest BCUT2D eigenvalue weighted by Gasteiger charge is -2.19. The van der Waals surface area contributed by atoms with Crippen molar-refractivity contribution in [2.75, 3.05) is 0 Å². The van der Waals surface area contributed by atoms with Gasteiger partial charge in [0.25, 0.3) is 5.91 Å². The second-order valence-electron chi connectivity index (χ2n) is 4.95. The van der Waals surface area contributed by atoms with Gasteiger partial charge >= 0.3 is 0 Å². The summed E-state index contributed by atoms with van der Waals surface area (Å²) in [5.74, 6) is 0.580. The van der Waals surface area contributed by atoms with Crippen LogP contribution >= 0.6 is 0 Å². The van der Waals surface area contributed by atoms with Crippen LogP contribution in [0, 0.1) is 5.92 Å². The van der Waals surface area contributed by atoms with Crippen molar-refractivity contribution in [2.45, 2.75) is 39.2 Å². The van der Waals surface area contributed by atoms with E-state index < -0.39 is 0 Å². The molecule has 18 heavy (non-hydrogen) atoms. The number of carbonyl (C=O) groups excluding carboxylic acids is 2. The standard InChI is InChI=1S/C15H19NO2/c1-3-11(17)9-8-10(2)14-12-6-4-5-7-13(12)15(18)16-14/h4-7,10,14H,3,8-9H2,1-2H3,(H,16,18). The van der Waals surface area contributed by atoms with Crippen molar-refractivity contribution in [3.63, 3.8) is 0 Å². The Morgan fingerprint density at radius 3 is 2.83 bits per heavy atom. The van der Waals surface area contributed by atoms with E-state index in [2.05, 4.69) is 12.2 Å². The van der Waals surface area contributed by atoms with E-state index in [1.54, 1.807) is 0 Å². The first-order chi connectivity index (χ1) is 8.63. The van der Waals surface area contributed by atoms with Crippen LogP contribution in [0.5, 0.6) is 0 Å². The van der Waals surface area contributed by atoms with Gasteiger partial charge in [0, 0.05) is 18.4 Å². The Kier molecular flexibility index (Phi) is 3.80. The number of rotatable bonds is 5. The molecule has 1 heterocycles. The van der Waals surface area contributed by atoms with E-state index in [-0.39, 0.29) is 17.9 Å². The number of fused-ring (bicyclic) bond motifs is 1. The topological polar surface area (TPSA) is 46.2 Å². The first-order valence-corrected chi connectivity index (χ1v) is 6.55. The van der Waals surface area contributed by atoms with Gasteiger partial charge in [-0.15, -0.1) is 0 Å². The lowest BCUT2D eigenvalue weighted by atomic mass is 9.90. The molecule has 2 unspecified atom stereocenters. The minimum Gasteiger partial charge on any atom is -0.345 e. The van der Waals surface area contributed by atoms with Gasteiger partial charge in [-0.25, -0.2) is 0 Å². The Morgan fingerprint density at radius 1 is 1.39 bits per heavy atom. The number of benzene rings is 1. The molecule has 2 atom stereocenters. The lowest BCUT2D eigenvalue weighted by Crippen LogP contribution is -2.24. The van der Waals surface area contributed by atoms with Crippen molar-refractivity contribution in [2.24, 2.45) is 5.92 Å². The molecule has 1 aromatic carbocycles. The van der Waals surface area contributed by atoms with Crippen LogP contribution in [0.1, 0.15) is 55.1 Å². The van der Waals surface area contributed by atoms with Gasteiger partial charge < -0.3 is 5.32 Å². The fourth-order valence-corrected chi connectivity index (χ4v) is 2.45. The summed E-state index contributed by atoms with van der Waals surface area (Å²) in [6, 6.07) is 7.74. The minimum absolute atomic E-state index is 0.00395. The number of carbonyl (C=O) groups is 2. The quantitative estimate of drug-likeness (QED) is 0.867. The highest BCUT2D eigenvalue weighted by Gasteiger charge is 2.31. The zero-order valence-corrected chi connectivity index (χ0v) is 10.9. The molecule has 1 aliphatic rings. The largest absolute Gasteiger partial charge is 0.345 e. The fourth-order valence-electron chi connectivity index (χ4n) is 2.45. The van der Waals surface area contributed by atoms with Crippen LogP contribution in [-0.2, 0) is 4.79 Å². The minimum atomic E-state index is 0.00395. The van der Waals surface area contributed by atoms with E-state index in [1.165, 1.54) is 0 Å². The van der Waals surface area contributed by atoms with Gasteiger partial charge in [0.2, 0.25) is 0 Å². The number of nitrogens with one attached hydrogen (secondary N) is 1. The normalized spacial score (nSPS) is 19.2. The SMILES string of the molecule is CCC(=O)CCC(C)C1NC(=O)c2ccccc21. The van der Waals surface area contributed by atoms with Crippen molar-refractivity contribution < 1.29 is 9.59 Å². The van der Waals surface area contributed by atoms with Crippen LogP contribution in [0.15, 0.2) is 24.3 Å². The van der Waals surface area contributed by atoms with E-state index in [9.17, 15) is 9.59 Å². The maximum Gasteiger partial charge on any atom is 0.252 e. The predicted molar refractivity (Wildman–Crippen MR) is 70.3 cm³/mol. The van der Waals surface area contributed by atoms with Gasteiger partial charge in [0.15, 0.2) is 0 Å². The lowest BCUT2D eigenvalue weighted by molar-refractivity contribution is -0.119. The van der Waals surface area contributed by atoms with Crippen LogP contribution in [0.3, 0.4) is 0 Å². The van der Waals surface area contributed by atoms with E-state index >= 15 is 0 Å². The average molecular weight is 245 g/mol. The number of Topliss-reactive ketones (excluding diaryl/α,β-unsaturated/α-hetero) is 1. The maximum atomic E-state index is 11.8. The van der Waals surface area contributed by atoms with Gasteiger partial charge in [-0.3, -0.25) is 9.59 Å². The zero-order chi connectivity index (χ0) is 13.1. The van der Waals surface area contributed by atoms with Crippen LogP contribution in [0.25, 0.3) is 0 Å². The highest BCUT2D eigenvalue weighted by atomic mass is 16.2. The Balaban J connectivity index is 2.07. The zero-order valence-electron chi connectivity index (χ0n) is 10.9. The van der Waals surface area contributed by atoms with Crippen LogP contribution in [0.2, 0.25) is 0 Å². The molecule has 0 fully saturated rings. The molecule has 1 N–H and O–H groups in total. The molecule has 96 valence electrons. The third-order valence-corrected chi connectivity index (χ3v) is 3.67. The molecule has 3 nitrogen and oxygen atoms in total. The Morgan fingerprint density at radius 2 is 2.11 bits per heavy atom. The van der Waals surface area contributed by atoms with Gasteiger partial charge in [0.1, 0.15) is 5.78 Å². The first kappa shape index (κ1) is 12.8. The molecule has 0 bridgehead atoms. The van der Waals surface area contributed by atoms with Crippen molar-refractivity contribution in [3.05, 3.63) is 35.4 Å². The molecule has 1 aromatic rings. The summed E-state index contributed by atoms with van der Waals surface area (Å²) in [7, 11) is 0. The molecule has 3 heteroatoms. The van der Waals surface area contributed by atoms with Gasteiger partial charge in [-0.2, -0.15) is 0 Å². The van der Waals surface area contributed by atoms with Crippen molar-refractivity contribution in [1.29, 1.82) is 0 Å². The number of hydrogen-bond donors (Lipinski definition) is 1. The Hall–Kier alpha value is -1.64. The number of amides is 1. The molecule has 1 amide bonds. The molecule has 0 radical (unpaired) electrons. The summed E-state index contributed by atoms with van der Waals surface area (Å²) < 4.78 is 0. The van der Waals surface area contributed by atoms with E-state index in [1.807, 2.05) is 31.2 Å². The fraction of sp³-hybridized carbons (Fsp3) is 0.467. The molecule has 0 aliphatic carbocycles. The van der Waals surface area contributed by atoms with Crippen LogP contribution in [0.4, 0.5) is 0 Å². The molecule has 0 aromatic heterocycles. The second kappa shape index (κ2) is 5.34. The predicted octanol–water partition coefficient (Wildman–Crippen LogP) is 2.87. The van der Waals surface area contributed by atoms with Gasteiger partial charge in [-0.1, -0.05) is 32.0 Å². The third kappa shape index (κ3) is 2.45. The van der Waals surface area contributed by atoms with Crippen molar-refractivity contribution >= 4 is 11.7 Å². The van der Waals surface area contributed by atoms with Gasteiger partial charge in [-0.05, 0) is 24.0 Å². The smallest absolute Gasteiger partial charge is 0.252 e. The third-order valence-electron chi connectivity index (χ3n) is 3.67. The summed E-state index contributed by atoms with van der Waals surface area (Å²) in [6.45, 7) is 3.98. The highest BCUT2D eigenvalue weighted by Crippen LogP contribution is 2.32. The average Bonchev–Trinajstić information content (AvgIpc) is 2.74. The number of ketones is 1. The summed E-state index contributed by atoms with van der Waals surface area (Å²) in [4.78, 5) is 23.2. The van der Waals surface area contributed by atoms with Crippen LogP contribution in [-0.4, -0.2) is 11.7 Å². The van der Waals surface area contributed by atoms with Crippen LogP contribution < -0.4 is 5.32 Å². The van der Waals surface area contributed by atoms with E-state index in [0.29, 0.717) is 18.6 Å². The maximum absolute atomic E-state index is 11.8. The Labute approximate surface area is 108 Å². The summed E-state index contributed by atoms with van der Waals surface area (Å²) in [5.41, 5.74) is 1.84.